The van der Waals surface area contributed by atoms with Crippen LogP contribution >= 0.6 is 11.6 Å². The maximum Gasteiger partial charge on any atom is 0.337 e. The normalized spacial score (nSPS) is 11.0. The standard InChI is InChI=1S/C20H14ClNO5/c1-11-2-6-17-15(8-11)19(24)12(10-27-17)3-7-18(23)22-13-4-5-16(21)14(9-13)20(25)26/h2-10H,1H3,(H,22,23)(H,25,26)/b7-3+. The van der Waals surface area contributed by atoms with Crippen molar-refractivity contribution >= 4 is 46.2 Å². The Morgan fingerprint density at radius 3 is 2.70 bits per heavy atom. The first kappa shape index (κ1) is 18.4. The number of aromatic carboxylic acids is 1. The lowest BCUT2D eigenvalue weighted by molar-refractivity contribution is -0.111. The van der Waals surface area contributed by atoms with Crippen LogP contribution in [0.25, 0.3) is 17.0 Å². The predicted molar refractivity (Wildman–Crippen MR) is 103 cm³/mol. The number of carboxylic acid groups (broad SMARTS) is 1. The van der Waals surface area contributed by atoms with Crippen LogP contribution in [0.15, 0.2) is 57.9 Å². The minimum absolute atomic E-state index is 0.0695. The Balaban J connectivity index is 1.82. The molecular formula is C20H14ClNO5. The van der Waals surface area contributed by atoms with E-state index in [0.717, 1.165) is 5.56 Å². The molecule has 7 heteroatoms. The van der Waals surface area contributed by atoms with Crippen LogP contribution in [-0.4, -0.2) is 17.0 Å². The van der Waals surface area contributed by atoms with Crippen LogP contribution in [0.2, 0.25) is 5.02 Å². The number of hydrogen-bond acceptors (Lipinski definition) is 4. The lowest BCUT2D eigenvalue weighted by atomic mass is 10.1. The molecule has 0 unspecified atom stereocenters. The maximum atomic E-state index is 12.5. The first-order chi connectivity index (χ1) is 12.8. The highest BCUT2D eigenvalue weighted by Gasteiger charge is 2.10. The van der Waals surface area contributed by atoms with Crippen LogP contribution in [0.1, 0.15) is 21.5 Å². The number of carbonyl (C=O) groups excluding carboxylic acids is 1. The summed E-state index contributed by atoms with van der Waals surface area (Å²) in [7, 11) is 0. The van der Waals surface area contributed by atoms with Gasteiger partial charge in [-0.2, -0.15) is 0 Å². The Morgan fingerprint density at radius 2 is 1.96 bits per heavy atom. The molecule has 1 aromatic heterocycles. The fraction of sp³-hybridized carbons (Fsp3) is 0.0500. The molecule has 6 nitrogen and oxygen atoms in total. The summed E-state index contributed by atoms with van der Waals surface area (Å²) in [5.41, 5.74) is 1.52. The van der Waals surface area contributed by atoms with Crippen molar-refractivity contribution in [2.24, 2.45) is 0 Å². The molecule has 2 N–H and O–H groups in total. The van der Waals surface area contributed by atoms with Crippen LogP contribution in [0.5, 0.6) is 0 Å². The summed E-state index contributed by atoms with van der Waals surface area (Å²) in [5.74, 6) is -1.73. The average Bonchev–Trinajstić information content (AvgIpc) is 2.63. The molecular weight excluding hydrogens is 370 g/mol. The van der Waals surface area contributed by atoms with E-state index in [2.05, 4.69) is 5.32 Å². The van der Waals surface area contributed by atoms with Gasteiger partial charge in [-0.05, 0) is 43.3 Å². The second kappa shape index (κ2) is 7.47. The highest BCUT2D eigenvalue weighted by Crippen LogP contribution is 2.20. The summed E-state index contributed by atoms with van der Waals surface area (Å²) < 4.78 is 5.42. The number of aryl methyl sites for hydroxylation is 1. The van der Waals surface area contributed by atoms with Crippen LogP contribution < -0.4 is 10.7 Å². The second-order valence-corrected chi connectivity index (χ2v) is 6.25. The van der Waals surface area contributed by atoms with Gasteiger partial charge < -0.3 is 14.8 Å². The van der Waals surface area contributed by atoms with E-state index in [1.54, 1.807) is 12.1 Å². The maximum absolute atomic E-state index is 12.5. The molecule has 2 aromatic carbocycles. The van der Waals surface area contributed by atoms with Gasteiger partial charge in [0.05, 0.1) is 21.5 Å². The third-order valence-corrected chi connectivity index (χ3v) is 4.16. The molecule has 0 bridgehead atoms. The van der Waals surface area contributed by atoms with Crippen LogP contribution in [-0.2, 0) is 4.79 Å². The Hall–Kier alpha value is -3.38. The molecule has 0 fully saturated rings. The number of rotatable bonds is 4. The third kappa shape index (κ3) is 4.07. The van der Waals surface area contributed by atoms with E-state index in [4.69, 9.17) is 21.1 Å². The van der Waals surface area contributed by atoms with Gasteiger partial charge in [-0.25, -0.2) is 4.79 Å². The van der Waals surface area contributed by atoms with Gasteiger partial charge >= 0.3 is 5.97 Å². The number of fused-ring (bicyclic) bond motifs is 1. The molecule has 0 spiro atoms. The van der Waals surface area contributed by atoms with E-state index >= 15 is 0 Å². The molecule has 0 radical (unpaired) electrons. The zero-order valence-electron chi connectivity index (χ0n) is 14.2. The summed E-state index contributed by atoms with van der Waals surface area (Å²) in [5, 5.41) is 12.1. The Bertz CT molecular complexity index is 1150. The first-order valence-electron chi connectivity index (χ1n) is 7.89. The van der Waals surface area contributed by atoms with Crippen molar-refractivity contribution in [3.8, 4) is 0 Å². The smallest absolute Gasteiger partial charge is 0.337 e. The van der Waals surface area contributed by atoms with Crippen molar-refractivity contribution in [1.29, 1.82) is 0 Å². The van der Waals surface area contributed by atoms with Crippen molar-refractivity contribution in [2.75, 3.05) is 5.32 Å². The van der Waals surface area contributed by atoms with Crippen molar-refractivity contribution < 1.29 is 19.1 Å². The summed E-state index contributed by atoms with van der Waals surface area (Å²) in [4.78, 5) is 35.6. The van der Waals surface area contributed by atoms with E-state index in [-0.39, 0.29) is 27.3 Å². The zero-order chi connectivity index (χ0) is 19.6. The summed E-state index contributed by atoms with van der Waals surface area (Å²) in [6, 6.07) is 9.39. The van der Waals surface area contributed by atoms with Crippen LogP contribution in [0.3, 0.4) is 0 Å². The summed E-state index contributed by atoms with van der Waals surface area (Å²) in [6.07, 6.45) is 3.80. The number of benzene rings is 2. The number of anilines is 1. The third-order valence-electron chi connectivity index (χ3n) is 3.83. The fourth-order valence-electron chi connectivity index (χ4n) is 2.49. The highest BCUT2D eigenvalue weighted by atomic mass is 35.5. The number of carbonyl (C=O) groups is 2. The van der Waals surface area contributed by atoms with Crippen LogP contribution in [0.4, 0.5) is 5.69 Å². The number of amides is 1. The lowest BCUT2D eigenvalue weighted by Gasteiger charge is -2.05. The topological polar surface area (TPSA) is 96.6 Å². The van der Waals surface area contributed by atoms with Gasteiger partial charge in [-0.15, -0.1) is 0 Å². The molecule has 1 heterocycles. The minimum Gasteiger partial charge on any atom is -0.478 e. The van der Waals surface area contributed by atoms with Crippen LogP contribution in [0, 0.1) is 6.92 Å². The molecule has 136 valence electrons. The molecule has 3 rings (SSSR count). The number of carboxylic acids is 1. The molecule has 3 aromatic rings. The monoisotopic (exact) mass is 383 g/mol. The fourth-order valence-corrected chi connectivity index (χ4v) is 2.69. The lowest BCUT2D eigenvalue weighted by Crippen LogP contribution is -2.10. The molecule has 0 aliphatic heterocycles. The van der Waals surface area contributed by atoms with Crippen molar-refractivity contribution in [1.82, 2.24) is 0 Å². The van der Waals surface area contributed by atoms with Gasteiger partial charge in [0, 0.05) is 11.8 Å². The van der Waals surface area contributed by atoms with E-state index < -0.39 is 11.9 Å². The largest absolute Gasteiger partial charge is 0.478 e. The predicted octanol–water partition coefficient (Wildman–Crippen LogP) is 4.10. The zero-order valence-corrected chi connectivity index (χ0v) is 14.9. The first-order valence-corrected chi connectivity index (χ1v) is 8.27. The van der Waals surface area contributed by atoms with Crippen molar-refractivity contribution in [3.63, 3.8) is 0 Å². The molecule has 0 aliphatic carbocycles. The molecule has 0 atom stereocenters. The Labute approximate surface area is 158 Å². The SMILES string of the molecule is Cc1ccc2occ(/C=C/C(=O)Nc3ccc(Cl)c(C(=O)O)c3)c(=O)c2c1. The molecule has 0 saturated heterocycles. The van der Waals surface area contributed by atoms with Gasteiger partial charge in [0.15, 0.2) is 5.43 Å². The second-order valence-electron chi connectivity index (χ2n) is 5.84. The molecule has 1 amide bonds. The summed E-state index contributed by atoms with van der Waals surface area (Å²) in [6.45, 7) is 1.87. The quantitative estimate of drug-likeness (QED) is 0.661. The number of halogens is 1. The van der Waals surface area contributed by atoms with E-state index in [0.29, 0.717) is 11.0 Å². The number of nitrogens with one attached hydrogen (secondary N) is 1. The Kier molecular flexibility index (Phi) is 5.09. The van der Waals surface area contributed by atoms with Crippen molar-refractivity contribution in [2.45, 2.75) is 6.92 Å². The minimum atomic E-state index is -1.20. The summed E-state index contributed by atoms with van der Waals surface area (Å²) >= 11 is 5.79. The van der Waals surface area contributed by atoms with E-state index in [1.807, 2.05) is 13.0 Å². The Morgan fingerprint density at radius 1 is 1.19 bits per heavy atom. The van der Waals surface area contributed by atoms with E-state index in [9.17, 15) is 14.4 Å². The van der Waals surface area contributed by atoms with Gasteiger partial charge in [0.1, 0.15) is 11.8 Å². The van der Waals surface area contributed by atoms with Gasteiger partial charge in [-0.3, -0.25) is 9.59 Å². The van der Waals surface area contributed by atoms with Gasteiger partial charge in [-0.1, -0.05) is 23.2 Å². The van der Waals surface area contributed by atoms with E-state index in [1.165, 1.54) is 36.6 Å². The van der Waals surface area contributed by atoms with Gasteiger partial charge in [0.25, 0.3) is 0 Å². The average molecular weight is 384 g/mol. The highest BCUT2D eigenvalue weighted by molar-refractivity contribution is 6.33. The number of hydrogen-bond donors (Lipinski definition) is 2. The van der Waals surface area contributed by atoms with Gasteiger partial charge in [0.2, 0.25) is 5.91 Å². The molecule has 0 aliphatic rings. The van der Waals surface area contributed by atoms with Crippen molar-refractivity contribution in [3.05, 3.63) is 80.7 Å². The molecule has 27 heavy (non-hydrogen) atoms. The molecule has 0 saturated carbocycles.